The summed E-state index contributed by atoms with van der Waals surface area (Å²) in [7, 11) is 1.89. The first-order valence-electron chi connectivity index (χ1n) is 4.70. The van der Waals surface area contributed by atoms with Crippen LogP contribution in [0.2, 0.25) is 0 Å². The van der Waals surface area contributed by atoms with Gasteiger partial charge in [0, 0.05) is 5.92 Å². The highest BCUT2D eigenvalue weighted by molar-refractivity contribution is 5.39. The molecule has 0 aromatic heterocycles. The molecule has 0 spiro atoms. The van der Waals surface area contributed by atoms with Crippen LogP contribution in [-0.4, -0.2) is 18.3 Å². The van der Waals surface area contributed by atoms with Gasteiger partial charge in [-0.2, -0.15) is 0 Å². The Morgan fingerprint density at radius 3 is 2.46 bits per heavy atom. The maximum Gasteiger partial charge on any atom is 0.0800 e. The molecule has 1 aromatic carbocycles. The van der Waals surface area contributed by atoms with Crippen molar-refractivity contribution in [2.45, 2.75) is 25.0 Å². The molecule has 2 heteroatoms. The SMILES string of the molecule is CN[C@H]1c2ccccc2[C@@H](C)[C@H]1O. The van der Waals surface area contributed by atoms with Crippen molar-refractivity contribution in [3.05, 3.63) is 35.4 Å². The summed E-state index contributed by atoms with van der Waals surface area (Å²) < 4.78 is 0. The maximum atomic E-state index is 9.92. The van der Waals surface area contributed by atoms with E-state index in [4.69, 9.17) is 0 Å². The molecular formula is C11H15NO. The summed E-state index contributed by atoms with van der Waals surface area (Å²) in [5, 5.41) is 13.1. The second-order valence-electron chi connectivity index (χ2n) is 3.67. The van der Waals surface area contributed by atoms with Crippen molar-refractivity contribution >= 4 is 0 Å². The molecule has 0 unspecified atom stereocenters. The number of hydrogen-bond acceptors (Lipinski definition) is 2. The standard InChI is InChI=1S/C11H15NO/c1-7-8-5-3-4-6-9(8)10(12-2)11(7)13/h3-7,10-13H,1-2H3/t7-,10+,11-/m1/s1. The normalized spacial score (nSPS) is 31.8. The summed E-state index contributed by atoms with van der Waals surface area (Å²) in [5.74, 6) is 0.244. The first-order valence-corrected chi connectivity index (χ1v) is 4.70. The number of aliphatic hydroxyl groups is 1. The third-order valence-electron chi connectivity index (χ3n) is 2.99. The molecule has 0 amide bonds. The fraction of sp³-hybridized carbons (Fsp3) is 0.455. The summed E-state index contributed by atoms with van der Waals surface area (Å²) in [4.78, 5) is 0. The predicted molar refractivity (Wildman–Crippen MR) is 52.7 cm³/mol. The molecule has 1 aromatic rings. The van der Waals surface area contributed by atoms with Gasteiger partial charge in [-0.15, -0.1) is 0 Å². The van der Waals surface area contributed by atoms with Crippen molar-refractivity contribution in [3.63, 3.8) is 0 Å². The zero-order valence-electron chi connectivity index (χ0n) is 7.99. The van der Waals surface area contributed by atoms with E-state index in [1.807, 2.05) is 19.2 Å². The van der Waals surface area contributed by atoms with E-state index in [0.29, 0.717) is 0 Å². The summed E-state index contributed by atoms with van der Waals surface area (Å²) >= 11 is 0. The monoisotopic (exact) mass is 177 g/mol. The lowest BCUT2D eigenvalue weighted by Gasteiger charge is -2.16. The molecule has 2 rings (SSSR count). The summed E-state index contributed by atoms with van der Waals surface area (Å²) in [6.07, 6.45) is -0.289. The molecule has 1 aliphatic rings. The van der Waals surface area contributed by atoms with Gasteiger partial charge in [-0.25, -0.2) is 0 Å². The van der Waals surface area contributed by atoms with Crippen LogP contribution in [0.1, 0.15) is 30.0 Å². The van der Waals surface area contributed by atoms with Crippen LogP contribution >= 0.6 is 0 Å². The summed E-state index contributed by atoms with van der Waals surface area (Å²) in [5.41, 5.74) is 2.51. The minimum Gasteiger partial charge on any atom is -0.391 e. The summed E-state index contributed by atoms with van der Waals surface area (Å²) in [6.45, 7) is 2.07. The van der Waals surface area contributed by atoms with Crippen LogP contribution in [0.5, 0.6) is 0 Å². The molecule has 0 saturated carbocycles. The van der Waals surface area contributed by atoms with Gasteiger partial charge in [0.05, 0.1) is 12.1 Å². The Balaban J connectivity index is 2.47. The molecule has 2 N–H and O–H groups in total. The Morgan fingerprint density at radius 2 is 1.85 bits per heavy atom. The fourth-order valence-corrected chi connectivity index (χ4v) is 2.19. The number of aliphatic hydroxyl groups excluding tert-OH is 1. The quantitative estimate of drug-likeness (QED) is 0.680. The van der Waals surface area contributed by atoms with Crippen molar-refractivity contribution in [2.75, 3.05) is 7.05 Å². The Hall–Kier alpha value is -0.860. The van der Waals surface area contributed by atoms with Gasteiger partial charge in [0.1, 0.15) is 0 Å². The van der Waals surface area contributed by atoms with Crippen molar-refractivity contribution in [3.8, 4) is 0 Å². The highest BCUT2D eigenvalue weighted by Gasteiger charge is 2.35. The third kappa shape index (κ3) is 1.18. The van der Waals surface area contributed by atoms with Gasteiger partial charge < -0.3 is 10.4 Å². The number of benzene rings is 1. The minimum absolute atomic E-state index is 0.103. The van der Waals surface area contributed by atoms with Crippen LogP contribution in [0.25, 0.3) is 0 Å². The van der Waals surface area contributed by atoms with Gasteiger partial charge in [0.15, 0.2) is 0 Å². The van der Waals surface area contributed by atoms with Crippen LogP contribution in [0.3, 0.4) is 0 Å². The largest absolute Gasteiger partial charge is 0.391 e. The Kier molecular flexibility index (Phi) is 2.10. The summed E-state index contributed by atoms with van der Waals surface area (Å²) in [6, 6.07) is 8.34. The average molecular weight is 177 g/mol. The Morgan fingerprint density at radius 1 is 1.23 bits per heavy atom. The van der Waals surface area contributed by atoms with E-state index in [-0.39, 0.29) is 18.1 Å². The van der Waals surface area contributed by atoms with Gasteiger partial charge in [-0.05, 0) is 18.2 Å². The van der Waals surface area contributed by atoms with Crippen LogP contribution in [0.15, 0.2) is 24.3 Å². The van der Waals surface area contributed by atoms with Gasteiger partial charge in [-0.3, -0.25) is 0 Å². The van der Waals surface area contributed by atoms with E-state index in [2.05, 4.69) is 24.4 Å². The Labute approximate surface area is 78.6 Å². The lowest BCUT2D eigenvalue weighted by Crippen LogP contribution is -2.26. The first kappa shape index (κ1) is 8.73. The molecule has 0 fully saturated rings. The van der Waals surface area contributed by atoms with E-state index >= 15 is 0 Å². The molecule has 0 bridgehead atoms. The van der Waals surface area contributed by atoms with E-state index in [1.165, 1.54) is 11.1 Å². The third-order valence-corrected chi connectivity index (χ3v) is 2.99. The smallest absolute Gasteiger partial charge is 0.0800 e. The zero-order valence-corrected chi connectivity index (χ0v) is 7.99. The van der Waals surface area contributed by atoms with Crippen LogP contribution in [-0.2, 0) is 0 Å². The van der Waals surface area contributed by atoms with E-state index in [9.17, 15) is 5.11 Å². The predicted octanol–water partition coefficient (Wildman–Crippen LogP) is 1.43. The molecule has 13 heavy (non-hydrogen) atoms. The molecule has 3 atom stereocenters. The number of fused-ring (bicyclic) bond motifs is 1. The molecule has 0 aliphatic heterocycles. The van der Waals surface area contributed by atoms with E-state index < -0.39 is 0 Å². The highest BCUT2D eigenvalue weighted by Crippen LogP contribution is 2.39. The van der Waals surface area contributed by atoms with Gasteiger partial charge in [-0.1, -0.05) is 31.2 Å². The van der Waals surface area contributed by atoms with Crippen LogP contribution < -0.4 is 5.32 Å². The topological polar surface area (TPSA) is 32.3 Å². The lowest BCUT2D eigenvalue weighted by atomic mass is 10.0. The maximum absolute atomic E-state index is 9.92. The zero-order chi connectivity index (χ0) is 9.42. The second kappa shape index (κ2) is 3.13. The molecule has 0 radical (unpaired) electrons. The molecule has 0 saturated heterocycles. The fourth-order valence-electron chi connectivity index (χ4n) is 2.19. The van der Waals surface area contributed by atoms with Crippen molar-refractivity contribution in [1.82, 2.24) is 5.32 Å². The Bertz CT molecular complexity index is 311. The molecule has 70 valence electrons. The van der Waals surface area contributed by atoms with Gasteiger partial charge in [0.25, 0.3) is 0 Å². The van der Waals surface area contributed by atoms with Crippen molar-refractivity contribution in [1.29, 1.82) is 0 Å². The second-order valence-corrected chi connectivity index (χ2v) is 3.67. The number of rotatable bonds is 1. The molecular weight excluding hydrogens is 162 g/mol. The number of nitrogens with one attached hydrogen (secondary N) is 1. The molecule has 1 aliphatic carbocycles. The lowest BCUT2D eigenvalue weighted by molar-refractivity contribution is 0.124. The number of hydrogen-bond donors (Lipinski definition) is 2. The average Bonchev–Trinajstić information content (AvgIpc) is 2.41. The van der Waals surface area contributed by atoms with E-state index in [1.54, 1.807) is 0 Å². The number of likely N-dealkylation sites (N-methyl/N-ethyl adjacent to an activating group) is 1. The van der Waals surface area contributed by atoms with Gasteiger partial charge in [0.2, 0.25) is 0 Å². The molecule has 0 heterocycles. The van der Waals surface area contributed by atoms with Crippen LogP contribution in [0.4, 0.5) is 0 Å². The van der Waals surface area contributed by atoms with E-state index in [0.717, 1.165) is 0 Å². The van der Waals surface area contributed by atoms with Crippen molar-refractivity contribution in [2.24, 2.45) is 0 Å². The van der Waals surface area contributed by atoms with Gasteiger partial charge >= 0.3 is 0 Å². The van der Waals surface area contributed by atoms with Crippen molar-refractivity contribution < 1.29 is 5.11 Å². The minimum atomic E-state index is -0.289. The first-order chi connectivity index (χ1) is 6.25. The highest BCUT2D eigenvalue weighted by atomic mass is 16.3. The van der Waals surface area contributed by atoms with Crippen LogP contribution in [0, 0.1) is 0 Å². The molecule has 2 nitrogen and oxygen atoms in total.